The molecule has 1 saturated heterocycles. The van der Waals surface area contributed by atoms with Crippen LogP contribution in [0.25, 0.3) is 0 Å². The highest BCUT2D eigenvalue weighted by Crippen LogP contribution is 2.30. The van der Waals surface area contributed by atoms with Crippen LogP contribution in [-0.2, 0) is 0 Å². The molecule has 0 amide bonds. The summed E-state index contributed by atoms with van der Waals surface area (Å²) < 4.78 is 26.8. The van der Waals surface area contributed by atoms with Gasteiger partial charge in [0, 0.05) is 32.2 Å². The van der Waals surface area contributed by atoms with Crippen molar-refractivity contribution in [1.82, 2.24) is 15.1 Å². The third kappa shape index (κ3) is 5.02. The minimum absolute atomic E-state index is 0.0417. The predicted octanol–water partition coefficient (Wildman–Crippen LogP) is 3.95. The van der Waals surface area contributed by atoms with Gasteiger partial charge in [-0.05, 0) is 61.5 Å². The van der Waals surface area contributed by atoms with Crippen molar-refractivity contribution >= 4 is 17.3 Å². The first-order valence-corrected chi connectivity index (χ1v) is 9.65. The quantitative estimate of drug-likeness (QED) is 0.798. The van der Waals surface area contributed by atoms with Crippen molar-refractivity contribution in [2.24, 2.45) is 0 Å². The Morgan fingerprint density at radius 3 is 1.70 bits per heavy atom. The highest BCUT2D eigenvalue weighted by atomic mass is 32.1. The Hall–Kier alpha value is -2.05. The minimum Gasteiger partial charge on any atom is -0.360 e. The number of nitrogens with one attached hydrogen (secondary N) is 1. The standard InChI is InChI=1S/C21H25F2N3S/c1-15(2)24-21(27)26-13-11-25(12-14-26)20(16-3-7-18(22)8-4-16)17-5-9-19(23)10-6-17/h3-10,15,20H,11-14H2,1-2H3,(H,24,27). The van der Waals surface area contributed by atoms with Gasteiger partial charge in [0.25, 0.3) is 0 Å². The Balaban J connectivity index is 1.79. The molecule has 1 fully saturated rings. The zero-order chi connectivity index (χ0) is 19.4. The second-order valence-corrected chi connectivity index (χ2v) is 7.52. The molecule has 0 saturated carbocycles. The van der Waals surface area contributed by atoms with Crippen molar-refractivity contribution in [1.29, 1.82) is 0 Å². The van der Waals surface area contributed by atoms with Crippen LogP contribution in [0, 0.1) is 11.6 Å². The molecule has 2 aromatic carbocycles. The number of benzene rings is 2. The summed E-state index contributed by atoms with van der Waals surface area (Å²) in [5.41, 5.74) is 2.00. The number of nitrogens with zero attached hydrogens (tertiary/aromatic N) is 2. The van der Waals surface area contributed by atoms with E-state index in [1.807, 2.05) is 0 Å². The summed E-state index contributed by atoms with van der Waals surface area (Å²) in [6, 6.07) is 13.4. The van der Waals surface area contributed by atoms with Crippen LogP contribution in [0.3, 0.4) is 0 Å². The topological polar surface area (TPSA) is 18.5 Å². The fourth-order valence-electron chi connectivity index (χ4n) is 3.43. The maximum Gasteiger partial charge on any atom is 0.169 e. The number of halogens is 2. The SMILES string of the molecule is CC(C)NC(=S)N1CCN(C(c2ccc(F)cc2)c2ccc(F)cc2)CC1. The summed E-state index contributed by atoms with van der Waals surface area (Å²) in [5.74, 6) is -0.516. The van der Waals surface area contributed by atoms with E-state index in [0.717, 1.165) is 42.4 Å². The van der Waals surface area contributed by atoms with Gasteiger partial charge in [0.2, 0.25) is 0 Å². The highest BCUT2D eigenvalue weighted by Gasteiger charge is 2.27. The summed E-state index contributed by atoms with van der Waals surface area (Å²) in [4.78, 5) is 4.52. The first kappa shape index (κ1) is 19.7. The Bertz CT molecular complexity index is 709. The molecule has 0 spiro atoms. The van der Waals surface area contributed by atoms with Gasteiger partial charge in [-0.2, -0.15) is 0 Å². The molecule has 0 radical (unpaired) electrons. The zero-order valence-corrected chi connectivity index (χ0v) is 16.5. The lowest BCUT2D eigenvalue weighted by atomic mass is 9.96. The van der Waals surface area contributed by atoms with Crippen LogP contribution in [0.1, 0.15) is 31.0 Å². The summed E-state index contributed by atoms with van der Waals surface area (Å²) >= 11 is 5.48. The Labute approximate surface area is 165 Å². The molecular weight excluding hydrogens is 364 g/mol. The molecule has 0 unspecified atom stereocenters. The summed E-state index contributed by atoms with van der Waals surface area (Å²) in [5, 5.41) is 4.07. The molecule has 1 N–H and O–H groups in total. The van der Waals surface area contributed by atoms with Crippen molar-refractivity contribution in [3.63, 3.8) is 0 Å². The van der Waals surface area contributed by atoms with Gasteiger partial charge in [-0.1, -0.05) is 24.3 Å². The molecule has 6 heteroatoms. The molecule has 0 aliphatic carbocycles. The van der Waals surface area contributed by atoms with Gasteiger partial charge in [0.15, 0.2) is 5.11 Å². The van der Waals surface area contributed by atoms with E-state index in [-0.39, 0.29) is 17.7 Å². The Kier molecular flexibility index (Phi) is 6.39. The smallest absolute Gasteiger partial charge is 0.169 e. The van der Waals surface area contributed by atoms with E-state index in [9.17, 15) is 8.78 Å². The summed E-state index contributed by atoms with van der Waals surface area (Å²) in [6.07, 6.45) is 0. The van der Waals surface area contributed by atoms with Crippen LogP contribution in [0.5, 0.6) is 0 Å². The number of hydrogen-bond donors (Lipinski definition) is 1. The van der Waals surface area contributed by atoms with E-state index in [2.05, 4.69) is 29.0 Å². The average molecular weight is 390 g/mol. The van der Waals surface area contributed by atoms with Crippen LogP contribution >= 0.6 is 12.2 Å². The molecular formula is C21H25F2N3S. The van der Waals surface area contributed by atoms with E-state index in [4.69, 9.17) is 12.2 Å². The van der Waals surface area contributed by atoms with Crippen LogP contribution in [0.4, 0.5) is 8.78 Å². The maximum atomic E-state index is 13.4. The lowest BCUT2D eigenvalue weighted by Crippen LogP contribution is -2.53. The Morgan fingerprint density at radius 2 is 1.30 bits per heavy atom. The molecule has 0 aromatic heterocycles. The van der Waals surface area contributed by atoms with Crippen LogP contribution in [-0.4, -0.2) is 47.1 Å². The van der Waals surface area contributed by atoms with E-state index in [1.54, 1.807) is 24.3 Å². The number of hydrogen-bond acceptors (Lipinski definition) is 2. The van der Waals surface area contributed by atoms with E-state index >= 15 is 0 Å². The third-order valence-corrected chi connectivity index (χ3v) is 5.13. The molecule has 3 nitrogen and oxygen atoms in total. The normalized spacial score (nSPS) is 15.4. The van der Waals surface area contributed by atoms with Crippen LogP contribution in [0.15, 0.2) is 48.5 Å². The molecule has 1 heterocycles. The van der Waals surface area contributed by atoms with Gasteiger partial charge in [0.05, 0.1) is 6.04 Å². The molecule has 27 heavy (non-hydrogen) atoms. The first-order valence-electron chi connectivity index (χ1n) is 9.24. The summed E-state index contributed by atoms with van der Waals surface area (Å²) in [7, 11) is 0. The average Bonchev–Trinajstić information content (AvgIpc) is 2.65. The number of rotatable bonds is 4. The molecule has 0 atom stereocenters. The Morgan fingerprint density at radius 1 is 0.852 bits per heavy atom. The second kappa shape index (κ2) is 8.76. The molecule has 3 rings (SSSR count). The fraction of sp³-hybridized carbons (Fsp3) is 0.381. The monoisotopic (exact) mass is 389 g/mol. The molecule has 2 aromatic rings. The van der Waals surface area contributed by atoms with Gasteiger partial charge in [-0.3, -0.25) is 4.90 Å². The zero-order valence-electron chi connectivity index (χ0n) is 15.7. The van der Waals surface area contributed by atoms with Gasteiger partial charge in [-0.25, -0.2) is 8.78 Å². The lowest BCUT2D eigenvalue weighted by Gasteiger charge is -2.41. The fourth-order valence-corrected chi connectivity index (χ4v) is 3.84. The van der Waals surface area contributed by atoms with E-state index in [1.165, 1.54) is 24.3 Å². The molecule has 144 valence electrons. The second-order valence-electron chi connectivity index (χ2n) is 7.13. The number of piperazine rings is 1. The molecule has 1 aliphatic rings. The van der Waals surface area contributed by atoms with Gasteiger partial charge < -0.3 is 10.2 Å². The van der Waals surface area contributed by atoms with E-state index < -0.39 is 0 Å². The highest BCUT2D eigenvalue weighted by molar-refractivity contribution is 7.80. The third-order valence-electron chi connectivity index (χ3n) is 4.75. The first-order chi connectivity index (χ1) is 12.9. The molecule has 1 aliphatic heterocycles. The van der Waals surface area contributed by atoms with Crippen molar-refractivity contribution in [2.45, 2.75) is 25.9 Å². The molecule has 0 bridgehead atoms. The summed E-state index contributed by atoms with van der Waals surface area (Å²) in [6.45, 7) is 7.41. The maximum absolute atomic E-state index is 13.4. The van der Waals surface area contributed by atoms with Crippen molar-refractivity contribution < 1.29 is 8.78 Å². The predicted molar refractivity (Wildman–Crippen MR) is 109 cm³/mol. The van der Waals surface area contributed by atoms with Gasteiger partial charge >= 0.3 is 0 Å². The van der Waals surface area contributed by atoms with Crippen molar-refractivity contribution in [3.8, 4) is 0 Å². The van der Waals surface area contributed by atoms with E-state index in [0.29, 0.717) is 6.04 Å². The van der Waals surface area contributed by atoms with Crippen LogP contribution in [0.2, 0.25) is 0 Å². The van der Waals surface area contributed by atoms with Crippen LogP contribution < -0.4 is 5.32 Å². The van der Waals surface area contributed by atoms with Crippen molar-refractivity contribution in [2.75, 3.05) is 26.2 Å². The van der Waals surface area contributed by atoms with Gasteiger partial charge in [-0.15, -0.1) is 0 Å². The van der Waals surface area contributed by atoms with Crippen molar-refractivity contribution in [3.05, 3.63) is 71.3 Å². The number of thiocarbonyl (C=S) groups is 1. The minimum atomic E-state index is -0.258. The largest absolute Gasteiger partial charge is 0.360 e. The lowest BCUT2D eigenvalue weighted by molar-refractivity contribution is 0.149. The van der Waals surface area contributed by atoms with Gasteiger partial charge in [0.1, 0.15) is 11.6 Å².